The highest BCUT2D eigenvalue weighted by Gasteiger charge is 2.14. The molecule has 98 valence electrons. The van der Waals surface area contributed by atoms with E-state index in [2.05, 4.69) is 0 Å². The maximum atomic E-state index is 12.0. The highest BCUT2D eigenvalue weighted by Crippen LogP contribution is 2.17. The van der Waals surface area contributed by atoms with E-state index in [9.17, 15) is 9.59 Å². The minimum atomic E-state index is -1.02. The number of amides is 1. The topological polar surface area (TPSA) is 77.8 Å². The second-order valence-corrected chi connectivity index (χ2v) is 4.46. The van der Waals surface area contributed by atoms with E-state index in [1.54, 1.807) is 11.4 Å². The molecule has 0 aliphatic heterocycles. The summed E-state index contributed by atoms with van der Waals surface area (Å²) in [7, 11) is 0. The zero-order valence-electron chi connectivity index (χ0n) is 10.00. The van der Waals surface area contributed by atoms with Crippen molar-refractivity contribution in [1.29, 1.82) is 0 Å². The molecule has 0 aliphatic carbocycles. The fourth-order valence-corrected chi connectivity index (χ4v) is 2.19. The van der Waals surface area contributed by atoms with Gasteiger partial charge >= 0.3 is 5.97 Å². The molecule has 1 aromatic heterocycles. The molecular weight excluding hydrogens is 254 g/mol. The summed E-state index contributed by atoms with van der Waals surface area (Å²) < 4.78 is 0. The summed E-state index contributed by atoms with van der Waals surface area (Å²) in [6.45, 7) is 2.58. The van der Waals surface area contributed by atoms with Crippen molar-refractivity contribution in [1.82, 2.24) is 4.90 Å². The SMILES string of the molecule is CCN(CCO)C(=O)c1csc(C=CC(=O)O)c1. The number of rotatable bonds is 6. The summed E-state index contributed by atoms with van der Waals surface area (Å²) >= 11 is 1.31. The molecule has 1 heterocycles. The van der Waals surface area contributed by atoms with Crippen molar-refractivity contribution in [2.45, 2.75) is 6.92 Å². The molecule has 0 saturated carbocycles. The number of hydrogen-bond acceptors (Lipinski definition) is 4. The summed E-state index contributed by atoms with van der Waals surface area (Å²) in [5.74, 6) is -1.18. The molecule has 0 atom stereocenters. The minimum absolute atomic E-state index is 0.0739. The molecule has 0 bridgehead atoms. The van der Waals surface area contributed by atoms with Crippen molar-refractivity contribution in [2.75, 3.05) is 19.7 Å². The van der Waals surface area contributed by atoms with Crippen LogP contribution in [0.3, 0.4) is 0 Å². The van der Waals surface area contributed by atoms with Crippen LogP contribution in [-0.4, -0.2) is 46.7 Å². The summed E-state index contributed by atoms with van der Waals surface area (Å²) in [6, 6.07) is 1.65. The first-order chi connectivity index (χ1) is 8.58. The minimum Gasteiger partial charge on any atom is -0.478 e. The lowest BCUT2D eigenvalue weighted by Gasteiger charge is -2.18. The second-order valence-electron chi connectivity index (χ2n) is 3.52. The van der Waals surface area contributed by atoms with Gasteiger partial charge in [0.15, 0.2) is 0 Å². The van der Waals surface area contributed by atoms with Gasteiger partial charge in [-0.25, -0.2) is 4.79 Å². The van der Waals surface area contributed by atoms with Gasteiger partial charge in [0.25, 0.3) is 5.91 Å². The number of carbonyl (C=O) groups excluding carboxylic acids is 1. The summed E-state index contributed by atoms with van der Waals surface area (Å²) in [4.78, 5) is 24.6. The summed E-state index contributed by atoms with van der Waals surface area (Å²) in [5.41, 5.74) is 0.514. The van der Waals surface area contributed by atoms with Crippen LogP contribution in [0.2, 0.25) is 0 Å². The molecule has 1 amide bonds. The fourth-order valence-electron chi connectivity index (χ4n) is 1.41. The number of thiophene rings is 1. The van der Waals surface area contributed by atoms with E-state index in [0.29, 0.717) is 23.5 Å². The highest BCUT2D eigenvalue weighted by atomic mass is 32.1. The Bertz CT molecular complexity index is 453. The Hall–Kier alpha value is -1.66. The predicted octanol–water partition coefficient (Wildman–Crippen LogP) is 1.30. The van der Waals surface area contributed by atoms with Crippen LogP contribution < -0.4 is 0 Å². The predicted molar refractivity (Wildman–Crippen MR) is 69.7 cm³/mol. The summed E-state index contributed by atoms with van der Waals surface area (Å²) in [5, 5.41) is 19.0. The van der Waals surface area contributed by atoms with E-state index >= 15 is 0 Å². The van der Waals surface area contributed by atoms with Crippen LogP contribution in [0.4, 0.5) is 0 Å². The van der Waals surface area contributed by atoms with Gasteiger partial charge < -0.3 is 15.1 Å². The maximum Gasteiger partial charge on any atom is 0.328 e. The zero-order valence-corrected chi connectivity index (χ0v) is 10.8. The molecule has 5 nitrogen and oxygen atoms in total. The first-order valence-corrected chi connectivity index (χ1v) is 6.36. The van der Waals surface area contributed by atoms with Gasteiger partial charge in [0, 0.05) is 29.4 Å². The van der Waals surface area contributed by atoms with Gasteiger partial charge in [-0.1, -0.05) is 0 Å². The van der Waals surface area contributed by atoms with Crippen LogP contribution in [0.1, 0.15) is 22.2 Å². The molecule has 0 aliphatic rings. The van der Waals surface area contributed by atoms with Crippen LogP contribution in [0.5, 0.6) is 0 Å². The van der Waals surface area contributed by atoms with Crippen LogP contribution in [0.15, 0.2) is 17.5 Å². The van der Waals surface area contributed by atoms with Gasteiger partial charge in [-0.15, -0.1) is 11.3 Å². The van der Waals surface area contributed by atoms with Gasteiger partial charge in [0.2, 0.25) is 0 Å². The van der Waals surface area contributed by atoms with Crippen LogP contribution in [-0.2, 0) is 4.79 Å². The molecule has 18 heavy (non-hydrogen) atoms. The second kappa shape index (κ2) is 6.93. The van der Waals surface area contributed by atoms with Crippen LogP contribution >= 0.6 is 11.3 Å². The van der Waals surface area contributed by atoms with E-state index in [1.807, 2.05) is 6.92 Å². The first-order valence-electron chi connectivity index (χ1n) is 5.48. The van der Waals surface area contributed by atoms with E-state index in [0.717, 1.165) is 6.08 Å². The molecule has 6 heteroatoms. The Kier molecular flexibility index (Phi) is 5.54. The number of carbonyl (C=O) groups is 2. The molecule has 0 unspecified atom stereocenters. The first kappa shape index (κ1) is 14.4. The van der Waals surface area contributed by atoms with Crippen molar-refractivity contribution >= 4 is 29.3 Å². The highest BCUT2D eigenvalue weighted by molar-refractivity contribution is 7.11. The number of carboxylic acid groups (broad SMARTS) is 1. The third-order valence-corrected chi connectivity index (χ3v) is 3.19. The van der Waals surface area contributed by atoms with Gasteiger partial charge in [0.05, 0.1) is 12.2 Å². The Labute approximate surface area is 109 Å². The average molecular weight is 269 g/mol. The molecule has 0 aromatic carbocycles. The lowest BCUT2D eigenvalue weighted by Crippen LogP contribution is -2.33. The van der Waals surface area contributed by atoms with Crippen molar-refractivity contribution in [2.24, 2.45) is 0 Å². The normalized spacial score (nSPS) is 10.8. The van der Waals surface area contributed by atoms with Crippen molar-refractivity contribution in [3.05, 3.63) is 28.0 Å². The van der Waals surface area contributed by atoms with Crippen molar-refractivity contribution < 1.29 is 19.8 Å². The van der Waals surface area contributed by atoms with Gasteiger partial charge in [-0.2, -0.15) is 0 Å². The third kappa shape index (κ3) is 3.97. The zero-order chi connectivity index (χ0) is 13.5. The fraction of sp³-hybridized carbons (Fsp3) is 0.333. The molecule has 1 aromatic rings. The average Bonchev–Trinajstić information content (AvgIpc) is 2.81. The number of aliphatic hydroxyl groups is 1. The number of hydrogen-bond donors (Lipinski definition) is 2. The molecule has 0 spiro atoms. The number of aliphatic carboxylic acids is 1. The number of nitrogens with zero attached hydrogens (tertiary/aromatic N) is 1. The van der Waals surface area contributed by atoms with Gasteiger partial charge in [-0.05, 0) is 19.1 Å². The quantitative estimate of drug-likeness (QED) is 0.763. The van der Waals surface area contributed by atoms with E-state index in [4.69, 9.17) is 10.2 Å². The maximum absolute atomic E-state index is 12.0. The Morgan fingerprint density at radius 1 is 1.50 bits per heavy atom. The lowest BCUT2D eigenvalue weighted by atomic mass is 10.2. The van der Waals surface area contributed by atoms with E-state index in [-0.39, 0.29) is 12.5 Å². The van der Waals surface area contributed by atoms with Gasteiger partial charge in [0.1, 0.15) is 0 Å². The monoisotopic (exact) mass is 269 g/mol. The number of aliphatic hydroxyl groups excluding tert-OH is 1. The third-order valence-electron chi connectivity index (χ3n) is 2.30. The Morgan fingerprint density at radius 3 is 2.78 bits per heavy atom. The molecule has 0 saturated heterocycles. The van der Waals surface area contributed by atoms with Crippen LogP contribution in [0.25, 0.3) is 6.08 Å². The standard InChI is InChI=1S/C12H15NO4S/c1-2-13(5-6-14)12(17)9-7-10(18-8-9)3-4-11(15)16/h3-4,7-8,14H,2,5-6H2,1H3,(H,15,16). The largest absolute Gasteiger partial charge is 0.478 e. The Balaban J connectivity index is 2.78. The van der Waals surface area contributed by atoms with Crippen LogP contribution in [0, 0.1) is 0 Å². The number of likely N-dealkylation sites (N-methyl/N-ethyl adjacent to an activating group) is 1. The Morgan fingerprint density at radius 2 is 2.22 bits per heavy atom. The lowest BCUT2D eigenvalue weighted by molar-refractivity contribution is -0.131. The molecule has 0 radical (unpaired) electrons. The van der Waals surface area contributed by atoms with E-state index in [1.165, 1.54) is 22.3 Å². The molecule has 0 fully saturated rings. The van der Waals surface area contributed by atoms with Gasteiger partial charge in [-0.3, -0.25) is 4.79 Å². The number of carboxylic acids is 1. The molecular formula is C12H15NO4S. The van der Waals surface area contributed by atoms with E-state index < -0.39 is 5.97 Å². The smallest absolute Gasteiger partial charge is 0.328 e. The molecule has 2 N–H and O–H groups in total. The van der Waals surface area contributed by atoms with Crippen molar-refractivity contribution in [3.8, 4) is 0 Å². The molecule has 1 rings (SSSR count). The van der Waals surface area contributed by atoms with Crippen molar-refractivity contribution in [3.63, 3.8) is 0 Å². The summed E-state index contributed by atoms with van der Waals surface area (Å²) in [6.07, 6.45) is 2.48.